The lowest BCUT2D eigenvalue weighted by Gasteiger charge is -2.05. The highest BCUT2D eigenvalue weighted by atomic mass is 16.4. The fourth-order valence-corrected chi connectivity index (χ4v) is 1.28. The second kappa shape index (κ2) is 4.46. The first-order chi connectivity index (χ1) is 6.66. The molecule has 74 valence electrons. The van der Waals surface area contributed by atoms with Gasteiger partial charge < -0.3 is 10.2 Å². The summed E-state index contributed by atoms with van der Waals surface area (Å²) in [6, 6.07) is 9.00. The van der Waals surface area contributed by atoms with Gasteiger partial charge in [0.15, 0.2) is 0 Å². The summed E-state index contributed by atoms with van der Waals surface area (Å²) in [4.78, 5) is 10.6. The summed E-state index contributed by atoms with van der Waals surface area (Å²) in [7, 11) is 0. The molecule has 3 heteroatoms. The average Bonchev–Trinajstić information content (AvgIpc) is 2.20. The van der Waals surface area contributed by atoms with Crippen LogP contribution in [0.15, 0.2) is 36.1 Å². The molecule has 3 nitrogen and oxygen atoms in total. The number of allylic oxidation sites excluding steroid dienone is 1. The lowest BCUT2D eigenvalue weighted by atomic mass is 10.0. The molecule has 0 aliphatic carbocycles. The largest absolute Gasteiger partial charge is 0.502 e. The zero-order valence-electron chi connectivity index (χ0n) is 7.90. The molecule has 0 radical (unpaired) electrons. The minimum Gasteiger partial charge on any atom is -0.502 e. The summed E-state index contributed by atoms with van der Waals surface area (Å²) < 4.78 is 0. The Morgan fingerprint density at radius 2 is 1.79 bits per heavy atom. The van der Waals surface area contributed by atoms with Crippen molar-refractivity contribution in [2.24, 2.45) is 0 Å². The van der Waals surface area contributed by atoms with Crippen molar-refractivity contribution in [1.29, 1.82) is 0 Å². The van der Waals surface area contributed by atoms with Gasteiger partial charge in [0.25, 0.3) is 0 Å². The average molecular weight is 192 g/mol. The predicted octanol–water partition coefficient (Wildman–Crippen LogP) is 2.45. The summed E-state index contributed by atoms with van der Waals surface area (Å²) >= 11 is 0. The van der Waals surface area contributed by atoms with Gasteiger partial charge in [0.2, 0.25) is 5.76 Å². The topological polar surface area (TPSA) is 57.5 Å². The molecule has 0 atom stereocenters. The van der Waals surface area contributed by atoms with Crippen LogP contribution in [0.5, 0.6) is 0 Å². The maximum Gasteiger partial charge on any atom is 0.371 e. The summed E-state index contributed by atoms with van der Waals surface area (Å²) in [5.74, 6) is -1.86. The summed E-state index contributed by atoms with van der Waals surface area (Å²) in [5.41, 5.74) is 1.20. The van der Waals surface area contributed by atoms with Gasteiger partial charge in [-0.25, -0.2) is 4.79 Å². The van der Waals surface area contributed by atoms with E-state index in [-0.39, 0.29) is 0 Å². The van der Waals surface area contributed by atoms with E-state index >= 15 is 0 Å². The molecule has 1 rings (SSSR count). The molecule has 0 bridgehead atoms. The number of aliphatic carboxylic acids is 1. The second-order valence-electron chi connectivity index (χ2n) is 2.85. The zero-order chi connectivity index (χ0) is 10.6. The van der Waals surface area contributed by atoms with E-state index in [2.05, 4.69) is 0 Å². The normalized spacial score (nSPS) is 12.1. The Kier molecular flexibility index (Phi) is 3.29. The van der Waals surface area contributed by atoms with E-state index in [1.807, 2.05) is 13.0 Å². The van der Waals surface area contributed by atoms with Crippen LogP contribution in [0.1, 0.15) is 18.9 Å². The third-order valence-corrected chi connectivity index (χ3v) is 1.96. The SMILES string of the molecule is CCC(=C(O)C(=O)O)c1ccccc1. The van der Waals surface area contributed by atoms with E-state index in [0.29, 0.717) is 12.0 Å². The molecule has 0 fully saturated rings. The molecule has 2 N–H and O–H groups in total. The van der Waals surface area contributed by atoms with Crippen LogP contribution >= 0.6 is 0 Å². The lowest BCUT2D eigenvalue weighted by Crippen LogP contribution is -2.03. The summed E-state index contributed by atoms with van der Waals surface area (Å²) in [6.45, 7) is 1.81. The highest BCUT2D eigenvalue weighted by Crippen LogP contribution is 2.20. The highest BCUT2D eigenvalue weighted by molar-refractivity contribution is 5.93. The third-order valence-electron chi connectivity index (χ3n) is 1.96. The van der Waals surface area contributed by atoms with Gasteiger partial charge in [-0.15, -0.1) is 0 Å². The number of benzene rings is 1. The fraction of sp³-hybridized carbons (Fsp3) is 0.182. The van der Waals surface area contributed by atoms with Gasteiger partial charge in [-0.1, -0.05) is 37.3 Å². The Labute approximate surface area is 82.3 Å². The summed E-state index contributed by atoms with van der Waals surface area (Å²) in [6.07, 6.45) is 0.488. The molecule has 0 spiro atoms. The minimum atomic E-state index is -1.29. The van der Waals surface area contributed by atoms with Crippen LogP contribution in [0.25, 0.3) is 5.57 Å². The van der Waals surface area contributed by atoms with Gasteiger partial charge in [-0.3, -0.25) is 0 Å². The van der Waals surface area contributed by atoms with Crippen LogP contribution in [0.4, 0.5) is 0 Å². The van der Waals surface area contributed by atoms with Gasteiger partial charge in [0.1, 0.15) is 0 Å². The molecule has 0 aliphatic heterocycles. The lowest BCUT2D eigenvalue weighted by molar-refractivity contribution is -0.135. The molecular weight excluding hydrogens is 180 g/mol. The van der Waals surface area contributed by atoms with Gasteiger partial charge in [0.05, 0.1) is 0 Å². The quantitative estimate of drug-likeness (QED) is 0.571. The molecule has 0 saturated carbocycles. The van der Waals surface area contributed by atoms with Crippen molar-refractivity contribution in [3.63, 3.8) is 0 Å². The maximum absolute atomic E-state index is 10.6. The fourth-order valence-electron chi connectivity index (χ4n) is 1.28. The van der Waals surface area contributed by atoms with Crippen molar-refractivity contribution in [3.05, 3.63) is 41.7 Å². The van der Waals surface area contributed by atoms with E-state index in [1.54, 1.807) is 24.3 Å². The van der Waals surface area contributed by atoms with E-state index < -0.39 is 11.7 Å². The molecule has 0 aromatic heterocycles. The van der Waals surface area contributed by atoms with Crippen LogP contribution in [-0.4, -0.2) is 16.2 Å². The van der Waals surface area contributed by atoms with Crippen molar-refractivity contribution in [2.75, 3.05) is 0 Å². The molecule has 0 saturated heterocycles. The second-order valence-corrected chi connectivity index (χ2v) is 2.85. The van der Waals surface area contributed by atoms with Gasteiger partial charge in [0, 0.05) is 5.57 Å². The Morgan fingerprint density at radius 3 is 2.21 bits per heavy atom. The van der Waals surface area contributed by atoms with E-state index in [4.69, 9.17) is 5.11 Å². The number of carboxylic acid groups (broad SMARTS) is 1. The number of aliphatic hydroxyl groups excluding tert-OH is 1. The predicted molar refractivity (Wildman–Crippen MR) is 53.9 cm³/mol. The Hall–Kier alpha value is -1.77. The van der Waals surface area contributed by atoms with Crippen LogP contribution < -0.4 is 0 Å². The number of rotatable bonds is 3. The van der Waals surface area contributed by atoms with Crippen LogP contribution in [0, 0.1) is 0 Å². The van der Waals surface area contributed by atoms with Crippen LogP contribution in [-0.2, 0) is 4.79 Å². The molecule has 0 amide bonds. The van der Waals surface area contributed by atoms with Gasteiger partial charge in [-0.05, 0) is 12.0 Å². The number of carbonyl (C=O) groups is 1. The Morgan fingerprint density at radius 1 is 1.21 bits per heavy atom. The van der Waals surface area contributed by atoms with E-state index in [1.165, 1.54) is 0 Å². The van der Waals surface area contributed by atoms with E-state index in [9.17, 15) is 9.90 Å². The smallest absolute Gasteiger partial charge is 0.371 e. The monoisotopic (exact) mass is 192 g/mol. The molecule has 1 aromatic carbocycles. The molecule has 1 aromatic rings. The number of aliphatic hydroxyl groups is 1. The van der Waals surface area contributed by atoms with Crippen molar-refractivity contribution in [2.45, 2.75) is 13.3 Å². The number of hydrogen-bond donors (Lipinski definition) is 2. The minimum absolute atomic E-state index is 0.457. The first kappa shape index (κ1) is 10.3. The zero-order valence-corrected chi connectivity index (χ0v) is 7.90. The number of hydrogen-bond acceptors (Lipinski definition) is 2. The molecule has 0 heterocycles. The van der Waals surface area contributed by atoms with Crippen molar-refractivity contribution in [3.8, 4) is 0 Å². The number of carboxylic acids is 1. The van der Waals surface area contributed by atoms with E-state index in [0.717, 1.165) is 5.56 Å². The van der Waals surface area contributed by atoms with Crippen LogP contribution in [0.3, 0.4) is 0 Å². The Bertz CT molecular complexity index is 352. The highest BCUT2D eigenvalue weighted by Gasteiger charge is 2.12. The molecule has 0 aliphatic rings. The maximum atomic E-state index is 10.6. The summed E-state index contributed by atoms with van der Waals surface area (Å²) in [5, 5.41) is 18.0. The molecular formula is C11H12O3. The first-order valence-corrected chi connectivity index (χ1v) is 4.37. The van der Waals surface area contributed by atoms with Crippen molar-refractivity contribution >= 4 is 11.5 Å². The van der Waals surface area contributed by atoms with Gasteiger partial charge in [-0.2, -0.15) is 0 Å². The van der Waals surface area contributed by atoms with Gasteiger partial charge >= 0.3 is 5.97 Å². The molecule has 14 heavy (non-hydrogen) atoms. The third kappa shape index (κ3) is 2.13. The van der Waals surface area contributed by atoms with Crippen LogP contribution in [0.2, 0.25) is 0 Å². The van der Waals surface area contributed by atoms with Crippen molar-refractivity contribution < 1.29 is 15.0 Å². The molecule has 0 unspecified atom stereocenters. The van der Waals surface area contributed by atoms with Crippen molar-refractivity contribution in [1.82, 2.24) is 0 Å². The standard InChI is InChI=1S/C11H12O3/c1-2-9(10(12)11(13)14)8-6-4-3-5-7-8/h3-7,12H,2H2,1H3,(H,13,14). The first-order valence-electron chi connectivity index (χ1n) is 4.37. The Balaban J connectivity index is 3.17.